The van der Waals surface area contributed by atoms with E-state index in [4.69, 9.17) is 5.73 Å². The molecule has 5 heteroatoms. The minimum absolute atomic E-state index is 0.751. The smallest absolute Gasteiger partial charge is 0.121 e. The monoisotopic (exact) mass is 344 g/mol. The number of hydrogen-bond acceptors (Lipinski definition) is 3. The number of imidazole rings is 1. The lowest BCUT2D eigenvalue weighted by Gasteiger charge is -2.15. The van der Waals surface area contributed by atoms with Crippen LogP contribution in [0, 0.1) is 0 Å². The lowest BCUT2D eigenvalue weighted by Crippen LogP contribution is -2.17. The number of anilines is 1. The van der Waals surface area contributed by atoms with Gasteiger partial charge in [0.15, 0.2) is 0 Å². The molecule has 0 bridgehead atoms. The fourth-order valence-corrected chi connectivity index (χ4v) is 2.63. The lowest BCUT2D eigenvalue weighted by atomic mass is 10.2. The van der Waals surface area contributed by atoms with Crippen molar-refractivity contribution in [1.82, 2.24) is 14.9 Å². The SMILES string of the molecule is CN(Cc1ccc(Br)cc1)Cc1nc2ccc(N)cc2[nH]1. The van der Waals surface area contributed by atoms with E-state index in [9.17, 15) is 0 Å². The molecule has 0 unspecified atom stereocenters. The molecule has 0 aliphatic rings. The Morgan fingerprint density at radius 2 is 1.90 bits per heavy atom. The number of nitrogens with one attached hydrogen (secondary N) is 1. The lowest BCUT2D eigenvalue weighted by molar-refractivity contribution is 0.312. The molecule has 0 saturated heterocycles. The average molecular weight is 345 g/mol. The summed E-state index contributed by atoms with van der Waals surface area (Å²) >= 11 is 3.45. The fraction of sp³-hybridized carbons (Fsp3) is 0.188. The zero-order valence-electron chi connectivity index (χ0n) is 11.8. The van der Waals surface area contributed by atoms with E-state index in [-0.39, 0.29) is 0 Å². The molecule has 0 aliphatic carbocycles. The van der Waals surface area contributed by atoms with Crippen LogP contribution in [-0.4, -0.2) is 21.9 Å². The second-order valence-electron chi connectivity index (χ2n) is 5.26. The molecule has 0 atom stereocenters. The molecule has 0 amide bonds. The number of nitrogens with zero attached hydrogens (tertiary/aromatic N) is 2. The Morgan fingerprint density at radius 1 is 1.14 bits per heavy atom. The molecule has 108 valence electrons. The first-order valence-electron chi connectivity index (χ1n) is 6.77. The highest BCUT2D eigenvalue weighted by Gasteiger charge is 2.07. The summed E-state index contributed by atoms with van der Waals surface area (Å²) in [6, 6.07) is 14.1. The Bertz CT molecular complexity index is 749. The number of benzene rings is 2. The van der Waals surface area contributed by atoms with Gasteiger partial charge in [0.2, 0.25) is 0 Å². The van der Waals surface area contributed by atoms with Gasteiger partial charge in [-0.1, -0.05) is 28.1 Å². The van der Waals surface area contributed by atoms with Crippen LogP contribution in [0.3, 0.4) is 0 Å². The maximum atomic E-state index is 5.79. The molecule has 2 aromatic carbocycles. The summed E-state index contributed by atoms with van der Waals surface area (Å²) in [5, 5.41) is 0. The van der Waals surface area contributed by atoms with E-state index >= 15 is 0 Å². The third kappa shape index (κ3) is 3.43. The number of nitrogen functional groups attached to an aromatic ring is 1. The molecule has 21 heavy (non-hydrogen) atoms. The first-order valence-corrected chi connectivity index (χ1v) is 7.56. The summed E-state index contributed by atoms with van der Waals surface area (Å²) in [7, 11) is 2.09. The van der Waals surface area contributed by atoms with Crippen molar-refractivity contribution in [1.29, 1.82) is 0 Å². The van der Waals surface area contributed by atoms with Gasteiger partial charge in [-0.05, 0) is 42.9 Å². The number of halogens is 1. The van der Waals surface area contributed by atoms with E-state index in [0.29, 0.717) is 0 Å². The van der Waals surface area contributed by atoms with E-state index in [2.05, 4.69) is 62.1 Å². The van der Waals surface area contributed by atoms with E-state index in [0.717, 1.165) is 40.1 Å². The summed E-state index contributed by atoms with van der Waals surface area (Å²) in [6.45, 7) is 1.65. The third-order valence-electron chi connectivity index (χ3n) is 3.34. The van der Waals surface area contributed by atoms with Crippen molar-refractivity contribution in [3.63, 3.8) is 0 Å². The van der Waals surface area contributed by atoms with Crippen LogP contribution in [0.15, 0.2) is 46.9 Å². The maximum absolute atomic E-state index is 5.79. The molecule has 0 saturated carbocycles. The predicted molar refractivity (Wildman–Crippen MR) is 89.8 cm³/mol. The van der Waals surface area contributed by atoms with Crippen molar-refractivity contribution >= 4 is 32.7 Å². The van der Waals surface area contributed by atoms with Gasteiger partial charge in [0.1, 0.15) is 5.82 Å². The maximum Gasteiger partial charge on any atom is 0.121 e. The van der Waals surface area contributed by atoms with E-state index in [1.54, 1.807) is 0 Å². The van der Waals surface area contributed by atoms with Crippen LogP contribution in [0.2, 0.25) is 0 Å². The number of hydrogen-bond donors (Lipinski definition) is 2. The predicted octanol–water partition coefficient (Wildman–Crippen LogP) is 3.54. The van der Waals surface area contributed by atoms with E-state index in [1.807, 2.05) is 18.2 Å². The van der Waals surface area contributed by atoms with Gasteiger partial charge in [0.05, 0.1) is 17.6 Å². The van der Waals surface area contributed by atoms with Gasteiger partial charge < -0.3 is 10.7 Å². The fourth-order valence-electron chi connectivity index (χ4n) is 2.37. The second kappa shape index (κ2) is 5.87. The summed E-state index contributed by atoms with van der Waals surface area (Å²) in [4.78, 5) is 10.1. The van der Waals surface area contributed by atoms with Crippen molar-refractivity contribution in [2.75, 3.05) is 12.8 Å². The molecule has 0 radical (unpaired) electrons. The minimum atomic E-state index is 0.751. The molecule has 1 aromatic heterocycles. The molecule has 3 N–H and O–H groups in total. The molecule has 3 rings (SSSR count). The summed E-state index contributed by atoms with van der Waals surface area (Å²) in [5.74, 6) is 0.954. The topological polar surface area (TPSA) is 57.9 Å². The van der Waals surface area contributed by atoms with Crippen LogP contribution >= 0.6 is 15.9 Å². The summed E-state index contributed by atoms with van der Waals surface area (Å²) < 4.78 is 1.10. The van der Waals surface area contributed by atoms with Crippen molar-refractivity contribution in [2.24, 2.45) is 0 Å². The molecule has 0 spiro atoms. The summed E-state index contributed by atoms with van der Waals surface area (Å²) in [6.07, 6.45) is 0. The average Bonchev–Trinajstić information content (AvgIpc) is 2.82. The summed E-state index contributed by atoms with van der Waals surface area (Å²) in [5.41, 5.74) is 9.76. The minimum Gasteiger partial charge on any atom is -0.399 e. The van der Waals surface area contributed by atoms with Crippen LogP contribution in [0.25, 0.3) is 11.0 Å². The van der Waals surface area contributed by atoms with E-state index < -0.39 is 0 Å². The highest BCUT2D eigenvalue weighted by molar-refractivity contribution is 9.10. The Morgan fingerprint density at radius 3 is 2.67 bits per heavy atom. The van der Waals surface area contributed by atoms with E-state index in [1.165, 1.54) is 5.56 Å². The van der Waals surface area contributed by atoms with Crippen molar-refractivity contribution in [3.05, 3.63) is 58.3 Å². The molecular weight excluding hydrogens is 328 g/mol. The highest BCUT2D eigenvalue weighted by Crippen LogP contribution is 2.16. The first-order chi connectivity index (χ1) is 10.1. The van der Waals surface area contributed by atoms with Gasteiger partial charge in [-0.2, -0.15) is 0 Å². The third-order valence-corrected chi connectivity index (χ3v) is 3.87. The van der Waals surface area contributed by atoms with Gasteiger partial charge in [0, 0.05) is 16.7 Å². The first kappa shape index (κ1) is 14.1. The van der Waals surface area contributed by atoms with Gasteiger partial charge in [-0.15, -0.1) is 0 Å². The number of H-pyrrole nitrogens is 1. The van der Waals surface area contributed by atoms with Gasteiger partial charge in [-0.25, -0.2) is 4.98 Å². The Kier molecular flexibility index (Phi) is 3.94. The Labute approximate surface area is 132 Å². The molecule has 3 aromatic rings. The van der Waals surface area contributed by atoms with Gasteiger partial charge >= 0.3 is 0 Å². The Balaban J connectivity index is 1.70. The van der Waals surface area contributed by atoms with Crippen LogP contribution < -0.4 is 5.73 Å². The van der Waals surface area contributed by atoms with Crippen molar-refractivity contribution < 1.29 is 0 Å². The van der Waals surface area contributed by atoms with Crippen molar-refractivity contribution in [3.8, 4) is 0 Å². The Hall–Kier alpha value is -1.85. The molecule has 0 aliphatic heterocycles. The highest BCUT2D eigenvalue weighted by atomic mass is 79.9. The number of fused-ring (bicyclic) bond motifs is 1. The number of aromatic nitrogens is 2. The van der Waals surface area contributed by atoms with Crippen LogP contribution in [-0.2, 0) is 13.1 Å². The second-order valence-corrected chi connectivity index (χ2v) is 6.17. The molecule has 1 heterocycles. The van der Waals surface area contributed by atoms with Gasteiger partial charge in [0.25, 0.3) is 0 Å². The standard InChI is InChI=1S/C16H17BrN4/c1-21(9-11-2-4-12(17)5-3-11)10-16-19-14-7-6-13(18)8-15(14)20-16/h2-8H,9-10,18H2,1H3,(H,19,20). The molecular formula is C16H17BrN4. The van der Waals surface area contributed by atoms with Crippen LogP contribution in [0.4, 0.5) is 5.69 Å². The molecule has 4 nitrogen and oxygen atoms in total. The van der Waals surface area contributed by atoms with Crippen molar-refractivity contribution in [2.45, 2.75) is 13.1 Å². The largest absolute Gasteiger partial charge is 0.399 e. The number of rotatable bonds is 4. The molecule has 0 fully saturated rings. The number of nitrogens with two attached hydrogens (primary N) is 1. The zero-order chi connectivity index (χ0) is 14.8. The zero-order valence-corrected chi connectivity index (χ0v) is 13.4. The van der Waals surface area contributed by atoms with Gasteiger partial charge in [-0.3, -0.25) is 4.90 Å². The normalized spacial score (nSPS) is 11.4. The number of aromatic amines is 1. The quantitative estimate of drug-likeness (QED) is 0.711. The van der Waals surface area contributed by atoms with Crippen LogP contribution in [0.1, 0.15) is 11.4 Å². The van der Waals surface area contributed by atoms with Crippen LogP contribution in [0.5, 0.6) is 0 Å².